The van der Waals surface area contributed by atoms with Crippen LogP contribution in [0.2, 0.25) is 0 Å². The third-order valence-corrected chi connectivity index (χ3v) is 4.03. The number of benzene rings is 1. The Hall–Kier alpha value is -2.68. The topological polar surface area (TPSA) is 135 Å². The average molecular weight is 305 g/mol. The fourth-order valence-electron chi connectivity index (χ4n) is 1.93. The van der Waals surface area contributed by atoms with Crippen molar-refractivity contribution in [2.24, 2.45) is 0 Å². The monoisotopic (exact) mass is 305 g/mol. The molecule has 3 aromatic rings. The van der Waals surface area contributed by atoms with Crippen LogP contribution in [0.25, 0.3) is 22.6 Å². The molecule has 3 rings (SSSR count). The van der Waals surface area contributed by atoms with E-state index in [4.69, 9.17) is 5.73 Å². The summed E-state index contributed by atoms with van der Waals surface area (Å²) in [4.78, 5) is 25.2. The molecular formula is C12H11N5O3S. The van der Waals surface area contributed by atoms with E-state index in [1.165, 1.54) is 12.1 Å². The van der Waals surface area contributed by atoms with Gasteiger partial charge in [-0.1, -0.05) is 12.1 Å². The van der Waals surface area contributed by atoms with Crippen LogP contribution in [0.15, 0.2) is 34.0 Å². The second-order valence-corrected chi connectivity index (χ2v) is 6.55. The lowest BCUT2D eigenvalue weighted by atomic mass is 10.2. The van der Waals surface area contributed by atoms with Gasteiger partial charge in [-0.3, -0.25) is 9.78 Å². The van der Waals surface area contributed by atoms with Crippen LogP contribution in [0.4, 0.5) is 5.95 Å². The lowest BCUT2D eigenvalue weighted by molar-refractivity contribution is 0.602. The van der Waals surface area contributed by atoms with Gasteiger partial charge in [-0.15, -0.1) is 0 Å². The van der Waals surface area contributed by atoms with E-state index in [0.717, 1.165) is 6.26 Å². The number of H-pyrrole nitrogens is 2. The Labute approximate surface area is 119 Å². The van der Waals surface area contributed by atoms with Crippen LogP contribution >= 0.6 is 0 Å². The summed E-state index contributed by atoms with van der Waals surface area (Å²) >= 11 is 0. The van der Waals surface area contributed by atoms with E-state index in [1.54, 1.807) is 12.1 Å². The quantitative estimate of drug-likeness (QED) is 0.623. The Bertz CT molecular complexity index is 1000. The van der Waals surface area contributed by atoms with Gasteiger partial charge in [-0.05, 0) is 12.1 Å². The van der Waals surface area contributed by atoms with Crippen LogP contribution in [-0.2, 0) is 9.84 Å². The first-order valence-corrected chi connectivity index (χ1v) is 7.80. The normalized spacial score (nSPS) is 11.9. The number of nitrogens with one attached hydrogen (secondary N) is 2. The van der Waals surface area contributed by atoms with Crippen molar-refractivity contribution in [1.82, 2.24) is 19.9 Å². The van der Waals surface area contributed by atoms with Gasteiger partial charge in [-0.2, -0.15) is 4.98 Å². The number of sulfone groups is 1. The Morgan fingerprint density at radius 1 is 1.19 bits per heavy atom. The molecule has 0 aliphatic heterocycles. The largest absolute Gasteiger partial charge is 0.369 e. The second-order valence-electron chi connectivity index (χ2n) is 4.54. The van der Waals surface area contributed by atoms with Gasteiger partial charge in [0, 0.05) is 11.8 Å². The van der Waals surface area contributed by atoms with Gasteiger partial charge in [0.2, 0.25) is 5.95 Å². The summed E-state index contributed by atoms with van der Waals surface area (Å²) in [6.45, 7) is 0. The summed E-state index contributed by atoms with van der Waals surface area (Å²) in [6, 6.07) is 6.25. The van der Waals surface area contributed by atoms with E-state index >= 15 is 0 Å². The number of aromatic nitrogens is 4. The number of hydrogen-bond acceptors (Lipinski definition) is 6. The van der Waals surface area contributed by atoms with Crippen molar-refractivity contribution in [3.63, 3.8) is 0 Å². The van der Waals surface area contributed by atoms with Crippen molar-refractivity contribution in [3.8, 4) is 11.4 Å². The standard InChI is InChI=1S/C12H11N5O3S/c1-21(19,20)7-4-2-3-6(5-7)9-14-8-10(15-9)16-12(13)17-11(8)18/h2-5H,1H3,(H4,13,14,15,16,17,18). The Kier molecular flexibility index (Phi) is 2.80. The van der Waals surface area contributed by atoms with Gasteiger partial charge in [0.25, 0.3) is 5.56 Å². The van der Waals surface area contributed by atoms with E-state index in [1.807, 2.05) is 0 Å². The molecule has 0 saturated heterocycles. The highest BCUT2D eigenvalue weighted by Crippen LogP contribution is 2.21. The molecule has 108 valence electrons. The molecule has 4 N–H and O–H groups in total. The maximum absolute atomic E-state index is 11.7. The van der Waals surface area contributed by atoms with Gasteiger partial charge < -0.3 is 10.7 Å². The minimum atomic E-state index is -3.32. The maximum atomic E-state index is 11.7. The second kappa shape index (κ2) is 4.42. The van der Waals surface area contributed by atoms with Crippen molar-refractivity contribution in [1.29, 1.82) is 0 Å². The van der Waals surface area contributed by atoms with Gasteiger partial charge in [0.05, 0.1) is 4.90 Å². The molecule has 0 amide bonds. The summed E-state index contributed by atoms with van der Waals surface area (Å²) in [5.74, 6) is 0.314. The first kappa shape index (κ1) is 13.3. The van der Waals surface area contributed by atoms with Crippen molar-refractivity contribution < 1.29 is 8.42 Å². The minimum absolute atomic E-state index is 0.0320. The molecule has 2 aromatic heterocycles. The third kappa shape index (κ3) is 2.38. The number of anilines is 1. The first-order valence-electron chi connectivity index (χ1n) is 5.90. The Morgan fingerprint density at radius 3 is 2.67 bits per heavy atom. The SMILES string of the molecule is CS(=O)(=O)c1cccc(-c2nc3nc(N)[nH]c(=O)c3[nH]2)c1. The highest BCUT2D eigenvalue weighted by atomic mass is 32.2. The molecule has 0 aliphatic rings. The van der Waals surface area contributed by atoms with E-state index in [9.17, 15) is 13.2 Å². The van der Waals surface area contributed by atoms with E-state index < -0.39 is 15.4 Å². The molecule has 0 radical (unpaired) electrons. The molecule has 0 atom stereocenters. The van der Waals surface area contributed by atoms with Crippen LogP contribution in [0.5, 0.6) is 0 Å². The highest BCUT2D eigenvalue weighted by molar-refractivity contribution is 7.90. The number of fused-ring (bicyclic) bond motifs is 1. The molecule has 0 unspecified atom stereocenters. The average Bonchev–Trinajstić information content (AvgIpc) is 2.82. The maximum Gasteiger partial charge on any atom is 0.278 e. The third-order valence-electron chi connectivity index (χ3n) is 2.92. The summed E-state index contributed by atoms with van der Waals surface area (Å²) in [7, 11) is -3.32. The Morgan fingerprint density at radius 2 is 1.95 bits per heavy atom. The summed E-state index contributed by atoms with van der Waals surface area (Å²) < 4.78 is 23.1. The van der Waals surface area contributed by atoms with Gasteiger partial charge in [-0.25, -0.2) is 13.4 Å². The molecule has 21 heavy (non-hydrogen) atoms. The van der Waals surface area contributed by atoms with Crippen molar-refractivity contribution in [2.75, 3.05) is 12.0 Å². The summed E-state index contributed by atoms with van der Waals surface area (Å²) in [5.41, 5.74) is 5.92. The molecule has 1 aromatic carbocycles. The fraction of sp³-hybridized carbons (Fsp3) is 0.0833. The van der Waals surface area contributed by atoms with E-state index in [2.05, 4.69) is 19.9 Å². The number of imidazole rings is 1. The van der Waals surface area contributed by atoms with Crippen LogP contribution < -0.4 is 11.3 Å². The predicted octanol–water partition coefficient (Wildman–Crippen LogP) is 0.299. The zero-order chi connectivity index (χ0) is 15.2. The lowest BCUT2D eigenvalue weighted by Gasteiger charge is -2.00. The number of rotatable bonds is 2. The summed E-state index contributed by atoms with van der Waals surface area (Å²) in [5, 5.41) is 0. The minimum Gasteiger partial charge on any atom is -0.369 e. The van der Waals surface area contributed by atoms with Crippen molar-refractivity contribution in [3.05, 3.63) is 34.6 Å². The number of aromatic amines is 2. The zero-order valence-corrected chi connectivity index (χ0v) is 11.7. The Balaban J connectivity index is 2.22. The molecule has 8 nitrogen and oxygen atoms in total. The highest BCUT2D eigenvalue weighted by Gasteiger charge is 2.13. The smallest absolute Gasteiger partial charge is 0.278 e. The van der Waals surface area contributed by atoms with Gasteiger partial charge in [0.15, 0.2) is 21.0 Å². The molecule has 0 aliphatic carbocycles. The van der Waals surface area contributed by atoms with Crippen molar-refractivity contribution >= 4 is 26.9 Å². The van der Waals surface area contributed by atoms with Crippen molar-refractivity contribution in [2.45, 2.75) is 4.90 Å². The predicted molar refractivity (Wildman–Crippen MR) is 77.5 cm³/mol. The molecule has 0 bridgehead atoms. The number of nitrogen functional groups attached to an aromatic ring is 1. The number of nitrogens with two attached hydrogens (primary N) is 1. The van der Waals surface area contributed by atoms with Crippen LogP contribution in [0.3, 0.4) is 0 Å². The van der Waals surface area contributed by atoms with E-state index in [-0.39, 0.29) is 22.0 Å². The number of hydrogen-bond donors (Lipinski definition) is 3. The fourth-order valence-corrected chi connectivity index (χ4v) is 2.60. The van der Waals surface area contributed by atoms with Crippen LogP contribution in [0.1, 0.15) is 0 Å². The van der Waals surface area contributed by atoms with Gasteiger partial charge in [0.1, 0.15) is 5.82 Å². The molecule has 2 heterocycles. The van der Waals surface area contributed by atoms with E-state index in [0.29, 0.717) is 11.4 Å². The number of nitrogens with zero attached hydrogens (tertiary/aromatic N) is 2. The molecule has 0 spiro atoms. The van der Waals surface area contributed by atoms with Crippen LogP contribution in [-0.4, -0.2) is 34.6 Å². The van der Waals surface area contributed by atoms with Crippen LogP contribution in [0, 0.1) is 0 Å². The summed E-state index contributed by atoms with van der Waals surface area (Å²) in [6.07, 6.45) is 1.12. The lowest BCUT2D eigenvalue weighted by Crippen LogP contribution is -2.10. The molecule has 9 heteroatoms. The first-order chi connectivity index (χ1) is 9.84. The molecular weight excluding hydrogens is 294 g/mol. The molecule has 0 fully saturated rings. The van der Waals surface area contributed by atoms with Gasteiger partial charge >= 0.3 is 0 Å². The molecule has 0 saturated carbocycles. The zero-order valence-electron chi connectivity index (χ0n) is 10.9.